The zero-order valence-electron chi connectivity index (χ0n) is 15.2. The highest BCUT2D eigenvalue weighted by molar-refractivity contribution is 5.98. The minimum atomic E-state index is -0.393. The van der Waals surface area contributed by atoms with Crippen molar-refractivity contribution >= 4 is 23.4 Å². The molecule has 2 aromatic heterocycles. The van der Waals surface area contributed by atoms with Gasteiger partial charge in [0.15, 0.2) is 11.6 Å². The lowest BCUT2D eigenvalue weighted by atomic mass is 10.1. The number of nitrogens with zero attached hydrogens (tertiary/aromatic N) is 2. The molecule has 0 atom stereocenters. The molecule has 144 valence electrons. The SMILES string of the molecule is O=C1CCCNC(=O)c2cccc(n2)C(=O)CCCNC(=O)c2cccc1n2. The first-order valence-corrected chi connectivity index (χ1v) is 9.11. The third-order valence-corrected chi connectivity index (χ3v) is 4.27. The average molecular weight is 380 g/mol. The number of Topliss-reactive ketones (excluding diaryl/α,β-unsaturated/α-hetero) is 2. The van der Waals surface area contributed by atoms with E-state index in [1.807, 2.05) is 0 Å². The first kappa shape index (κ1) is 19.3. The molecule has 8 heteroatoms. The number of hydrogen-bond acceptors (Lipinski definition) is 6. The highest BCUT2D eigenvalue weighted by Gasteiger charge is 2.15. The van der Waals surface area contributed by atoms with Gasteiger partial charge in [-0.3, -0.25) is 19.2 Å². The molecule has 0 aromatic carbocycles. The maximum Gasteiger partial charge on any atom is 0.269 e. The van der Waals surface area contributed by atoms with Crippen LogP contribution >= 0.6 is 0 Å². The van der Waals surface area contributed by atoms with E-state index in [1.165, 1.54) is 12.1 Å². The molecule has 8 nitrogen and oxygen atoms in total. The van der Waals surface area contributed by atoms with E-state index in [-0.39, 0.29) is 60.3 Å². The van der Waals surface area contributed by atoms with Crippen molar-refractivity contribution in [2.45, 2.75) is 25.7 Å². The first-order valence-electron chi connectivity index (χ1n) is 9.11. The van der Waals surface area contributed by atoms with Crippen molar-refractivity contribution < 1.29 is 19.2 Å². The Balaban J connectivity index is 1.78. The van der Waals surface area contributed by atoms with Crippen LogP contribution in [-0.2, 0) is 0 Å². The number of carbonyl (C=O) groups excluding carboxylic acids is 4. The largest absolute Gasteiger partial charge is 0.351 e. The van der Waals surface area contributed by atoms with E-state index in [4.69, 9.17) is 0 Å². The Bertz CT molecular complexity index is 784. The van der Waals surface area contributed by atoms with E-state index >= 15 is 0 Å². The van der Waals surface area contributed by atoms with Gasteiger partial charge in [-0.25, -0.2) is 9.97 Å². The summed E-state index contributed by atoms with van der Waals surface area (Å²) in [4.78, 5) is 57.2. The lowest BCUT2D eigenvalue weighted by Crippen LogP contribution is -2.27. The van der Waals surface area contributed by atoms with Crippen LogP contribution in [0.4, 0.5) is 0 Å². The van der Waals surface area contributed by atoms with Gasteiger partial charge in [0.05, 0.1) is 0 Å². The summed E-state index contributed by atoms with van der Waals surface area (Å²) in [5.41, 5.74) is 0.733. The molecule has 0 fully saturated rings. The van der Waals surface area contributed by atoms with Crippen molar-refractivity contribution in [2.24, 2.45) is 0 Å². The fourth-order valence-corrected chi connectivity index (χ4v) is 2.77. The molecule has 0 unspecified atom stereocenters. The summed E-state index contributed by atoms with van der Waals surface area (Å²) < 4.78 is 0. The molecule has 3 rings (SSSR count). The van der Waals surface area contributed by atoms with Gasteiger partial charge in [0.2, 0.25) is 0 Å². The molecule has 0 saturated heterocycles. The summed E-state index contributed by atoms with van der Waals surface area (Å²) in [5.74, 6) is -1.18. The fourth-order valence-electron chi connectivity index (χ4n) is 2.77. The Labute approximate surface area is 161 Å². The zero-order chi connectivity index (χ0) is 19.9. The van der Waals surface area contributed by atoms with E-state index in [0.29, 0.717) is 12.8 Å². The number of hydrogen-bond donors (Lipinski definition) is 2. The summed E-state index contributed by atoms with van der Waals surface area (Å²) in [7, 11) is 0. The molecule has 28 heavy (non-hydrogen) atoms. The van der Waals surface area contributed by atoms with Gasteiger partial charge in [0.25, 0.3) is 11.8 Å². The minimum absolute atomic E-state index is 0.154. The molecule has 1 aliphatic heterocycles. The van der Waals surface area contributed by atoms with Crippen molar-refractivity contribution in [3.8, 4) is 0 Å². The molecule has 2 N–H and O–H groups in total. The minimum Gasteiger partial charge on any atom is -0.351 e. The maximum atomic E-state index is 12.3. The maximum absolute atomic E-state index is 12.3. The van der Waals surface area contributed by atoms with Crippen molar-refractivity contribution in [3.63, 3.8) is 0 Å². The van der Waals surface area contributed by atoms with Crippen molar-refractivity contribution in [2.75, 3.05) is 13.1 Å². The third kappa shape index (κ3) is 4.85. The van der Waals surface area contributed by atoms with E-state index in [1.54, 1.807) is 24.3 Å². The standard InChI is InChI=1S/C20H20N4O4/c25-17-9-3-12-22-20(28)16-8-2-6-14(24-16)18(26)10-4-11-21-19(27)15-7-1-5-13(17)23-15/h1-2,5-8H,3-4,9-12H2,(H,21,27)(H,22,28). The van der Waals surface area contributed by atoms with E-state index in [9.17, 15) is 19.2 Å². The zero-order valence-corrected chi connectivity index (χ0v) is 15.2. The van der Waals surface area contributed by atoms with Gasteiger partial charge in [-0.2, -0.15) is 0 Å². The van der Waals surface area contributed by atoms with E-state index in [0.717, 1.165) is 0 Å². The van der Waals surface area contributed by atoms with Crippen LogP contribution in [0.15, 0.2) is 36.4 Å². The van der Waals surface area contributed by atoms with Gasteiger partial charge in [-0.05, 0) is 37.1 Å². The Kier molecular flexibility index (Phi) is 6.21. The number of amides is 2. The molecular weight excluding hydrogens is 360 g/mol. The lowest BCUT2D eigenvalue weighted by Gasteiger charge is -2.08. The second-order valence-electron chi connectivity index (χ2n) is 6.38. The highest BCUT2D eigenvalue weighted by atomic mass is 16.2. The molecule has 2 aromatic rings. The Hall–Kier alpha value is -3.42. The van der Waals surface area contributed by atoms with Crippen LogP contribution in [0.5, 0.6) is 0 Å². The van der Waals surface area contributed by atoms with Crippen LogP contribution < -0.4 is 10.6 Å². The molecule has 3 heterocycles. The molecule has 4 bridgehead atoms. The second-order valence-corrected chi connectivity index (χ2v) is 6.38. The quantitative estimate of drug-likeness (QED) is 0.716. The van der Waals surface area contributed by atoms with Gasteiger partial charge in [-0.1, -0.05) is 12.1 Å². The van der Waals surface area contributed by atoms with Gasteiger partial charge in [0, 0.05) is 25.9 Å². The lowest BCUT2D eigenvalue weighted by molar-refractivity contribution is 0.0921. The molecule has 0 radical (unpaired) electrons. The Morgan fingerprint density at radius 3 is 1.43 bits per heavy atom. The van der Waals surface area contributed by atoms with Crippen LogP contribution in [0.3, 0.4) is 0 Å². The predicted molar refractivity (Wildman–Crippen MR) is 100 cm³/mol. The number of rotatable bonds is 0. The van der Waals surface area contributed by atoms with Crippen LogP contribution in [0.25, 0.3) is 0 Å². The van der Waals surface area contributed by atoms with E-state index in [2.05, 4.69) is 20.6 Å². The molecule has 1 aliphatic rings. The van der Waals surface area contributed by atoms with Crippen LogP contribution in [0.2, 0.25) is 0 Å². The van der Waals surface area contributed by atoms with E-state index < -0.39 is 11.8 Å². The summed E-state index contributed by atoms with van der Waals surface area (Å²) in [5, 5.41) is 5.39. The Morgan fingerprint density at radius 1 is 0.607 bits per heavy atom. The van der Waals surface area contributed by atoms with Crippen LogP contribution in [-0.4, -0.2) is 46.4 Å². The van der Waals surface area contributed by atoms with Gasteiger partial charge >= 0.3 is 0 Å². The number of pyridine rings is 2. The van der Waals surface area contributed by atoms with Crippen LogP contribution in [0.1, 0.15) is 67.6 Å². The predicted octanol–water partition coefficient (Wildman–Crippen LogP) is 1.58. The topological polar surface area (TPSA) is 118 Å². The molecule has 0 saturated carbocycles. The number of aromatic nitrogens is 2. The second kappa shape index (κ2) is 8.98. The Morgan fingerprint density at radius 2 is 1.00 bits per heavy atom. The van der Waals surface area contributed by atoms with Gasteiger partial charge < -0.3 is 10.6 Å². The monoisotopic (exact) mass is 380 g/mol. The number of fused-ring (bicyclic) bond motifs is 4. The molecular formula is C20H20N4O4. The van der Waals surface area contributed by atoms with Gasteiger partial charge in [0.1, 0.15) is 22.8 Å². The smallest absolute Gasteiger partial charge is 0.269 e. The first-order chi connectivity index (χ1) is 13.5. The molecule has 0 aliphatic carbocycles. The summed E-state index contributed by atoms with van der Waals surface area (Å²) in [6.07, 6.45) is 1.21. The fraction of sp³-hybridized carbons (Fsp3) is 0.300. The van der Waals surface area contributed by atoms with Gasteiger partial charge in [-0.15, -0.1) is 0 Å². The average Bonchev–Trinajstić information content (AvgIpc) is 2.73. The number of ketones is 2. The van der Waals surface area contributed by atoms with Crippen molar-refractivity contribution in [3.05, 3.63) is 59.2 Å². The summed E-state index contributed by atoms with van der Waals surface area (Å²) in [6.45, 7) is 0.565. The summed E-state index contributed by atoms with van der Waals surface area (Å²) >= 11 is 0. The molecule has 0 spiro atoms. The normalized spacial score (nSPS) is 16.6. The summed E-state index contributed by atoms with van der Waals surface area (Å²) in [6, 6.07) is 9.40. The number of nitrogens with one attached hydrogen (secondary N) is 2. The van der Waals surface area contributed by atoms with Crippen molar-refractivity contribution in [1.29, 1.82) is 0 Å². The van der Waals surface area contributed by atoms with Crippen molar-refractivity contribution in [1.82, 2.24) is 20.6 Å². The highest BCUT2D eigenvalue weighted by Crippen LogP contribution is 2.07. The number of carbonyl (C=O) groups is 4. The third-order valence-electron chi connectivity index (χ3n) is 4.27. The molecule has 2 amide bonds. The van der Waals surface area contributed by atoms with Crippen LogP contribution in [0, 0.1) is 0 Å².